The number of nitrogens with one attached hydrogen (secondary N) is 1. The maximum atomic E-state index is 11.7. The zero-order valence-electron chi connectivity index (χ0n) is 8.26. The van der Waals surface area contributed by atoms with Gasteiger partial charge in [-0.25, -0.2) is 0 Å². The van der Waals surface area contributed by atoms with E-state index in [9.17, 15) is 4.79 Å². The van der Waals surface area contributed by atoms with Crippen LogP contribution >= 0.6 is 0 Å². The van der Waals surface area contributed by atoms with Crippen molar-refractivity contribution in [2.45, 2.75) is 19.8 Å². The average Bonchev–Trinajstić information content (AvgIpc) is 2.80. The summed E-state index contributed by atoms with van der Waals surface area (Å²) in [6, 6.07) is 0. The second kappa shape index (κ2) is 2.87. The normalized spacial score (nSPS) is 29.2. The van der Waals surface area contributed by atoms with E-state index in [4.69, 9.17) is 7.85 Å². The summed E-state index contributed by atoms with van der Waals surface area (Å²) in [7, 11) is 5.81. The minimum atomic E-state index is -0.298. The Bertz CT molecular complexity index is 371. The number of carbonyl (C=O) groups excluding carboxylic acids is 1. The molecule has 70 valence electrons. The van der Waals surface area contributed by atoms with E-state index in [2.05, 4.69) is 11.9 Å². The van der Waals surface area contributed by atoms with E-state index in [1.807, 2.05) is 6.92 Å². The van der Waals surface area contributed by atoms with E-state index in [0.29, 0.717) is 0 Å². The molecule has 2 aliphatic rings. The van der Waals surface area contributed by atoms with Crippen molar-refractivity contribution < 1.29 is 4.79 Å². The standard InChI is InChI=1S/C11H12BNO/c1-3-4-8-9(7(2)12)11(5-6-11)10(14)13-8/h3-4H,1,5-6H2,2H3,(H,13,14)/b8-4+,9-7-. The fourth-order valence-corrected chi connectivity index (χ4v) is 2.11. The van der Waals surface area contributed by atoms with E-state index in [1.165, 1.54) is 0 Å². The van der Waals surface area contributed by atoms with Crippen molar-refractivity contribution >= 4 is 13.8 Å². The van der Waals surface area contributed by atoms with Gasteiger partial charge in [0.1, 0.15) is 7.85 Å². The highest BCUT2D eigenvalue weighted by Gasteiger charge is 2.57. The third-order valence-corrected chi connectivity index (χ3v) is 2.86. The van der Waals surface area contributed by atoms with Gasteiger partial charge in [0.15, 0.2) is 0 Å². The Labute approximate surface area is 85.2 Å². The van der Waals surface area contributed by atoms with Gasteiger partial charge >= 0.3 is 0 Å². The molecule has 2 radical (unpaired) electrons. The van der Waals surface area contributed by atoms with Crippen LogP contribution < -0.4 is 5.32 Å². The van der Waals surface area contributed by atoms with Crippen LogP contribution in [0.4, 0.5) is 0 Å². The van der Waals surface area contributed by atoms with Crippen LogP contribution in [-0.2, 0) is 4.79 Å². The summed E-state index contributed by atoms with van der Waals surface area (Å²) in [5, 5.41) is 2.85. The lowest BCUT2D eigenvalue weighted by Crippen LogP contribution is -2.19. The molecule has 0 aromatic rings. The largest absolute Gasteiger partial charge is 0.325 e. The summed E-state index contributed by atoms with van der Waals surface area (Å²) in [4.78, 5) is 11.7. The monoisotopic (exact) mass is 185 g/mol. The van der Waals surface area contributed by atoms with E-state index in [0.717, 1.165) is 29.6 Å². The molecule has 1 aliphatic carbocycles. The molecule has 0 aromatic carbocycles. The quantitative estimate of drug-likeness (QED) is 0.614. The van der Waals surface area contributed by atoms with E-state index >= 15 is 0 Å². The molecule has 14 heavy (non-hydrogen) atoms. The Balaban J connectivity index is 2.51. The van der Waals surface area contributed by atoms with Crippen LogP contribution in [0.15, 0.2) is 35.5 Å². The maximum absolute atomic E-state index is 11.7. The first-order chi connectivity index (χ1) is 6.62. The highest BCUT2D eigenvalue weighted by molar-refractivity contribution is 6.23. The molecule has 1 amide bonds. The topological polar surface area (TPSA) is 29.1 Å². The second-order valence-electron chi connectivity index (χ2n) is 3.91. The highest BCUT2D eigenvalue weighted by atomic mass is 16.2. The molecule has 0 bridgehead atoms. The van der Waals surface area contributed by atoms with Gasteiger partial charge in [-0.1, -0.05) is 19.6 Å². The summed E-state index contributed by atoms with van der Waals surface area (Å²) in [6.45, 7) is 5.46. The van der Waals surface area contributed by atoms with Gasteiger partial charge < -0.3 is 5.32 Å². The van der Waals surface area contributed by atoms with E-state index in [1.54, 1.807) is 12.2 Å². The number of amides is 1. The van der Waals surface area contributed by atoms with Crippen LogP contribution in [0.3, 0.4) is 0 Å². The van der Waals surface area contributed by atoms with Gasteiger partial charge in [-0.05, 0) is 24.5 Å². The first kappa shape index (κ1) is 9.32. The number of allylic oxidation sites excluding steroid dienone is 4. The molecule has 3 heteroatoms. The molecule has 1 saturated heterocycles. The Morgan fingerprint density at radius 2 is 2.29 bits per heavy atom. The lowest BCUT2D eigenvalue weighted by molar-refractivity contribution is -0.122. The third kappa shape index (κ3) is 1.08. The number of carbonyl (C=O) groups is 1. The summed E-state index contributed by atoms with van der Waals surface area (Å²) >= 11 is 0. The van der Waals surface area contributed by atoms with Crippen LogP contribution in [0.2, 0.25) is 0 Å². The SMILES string of the molecule is [B]/C(C)=C1/C(=C\C=C)NC(=O)C12CC2. The van der Waals surface area contributed by atoms with E-state index in [-0.39, 0.29) is 11.3 Å². The lowest BCUT2D eigenvalue weighted by atomic mass is 9.83. The number of rotatable bonds is 1. The second-order valence-corrected chi connectivity index (χ2v) is 3.91. The van der Waals surface area contributed by atoms with Gasteiger partial charge in [-0.15, -0.1) is 5.47 Å². The van der Waals surface area contributed by atoms with Gasteiger partial charge in [0.2, 0.25) is 5.91 Å². The average molecular weight is 185 g/mol. The molecule has 2 nitrogen and oxygen atoms in total. The van der Waals surface area contributed by atoms with Crippen molar-refractivity contribution in [2.24, 2.45) is 5.41 Å². The van der Waals surface area contributed by atoms with Gasteiger partial charge in [0.05, 0.1) is 5.41 Å². The van der Waals surface area contributed by atoms with Crippen molar-refractivity contribution in [3.05, 3.63) is 35.5 Å². The number of hydrogen-bond acceptors (Lipinski definition) is 1. The van der Waals surface area contributed by atoms with Crippen LogP contribution in [0.5, 0.6) is 0 Å². The Kier molecular flexibility index (Phi) is 1.91. The molecule has 1 N–H and O–H groups in total. The van der Waals surface area contributed by atoms with Crippen molar-refractivity contribution in [1.82, 2.24) is 5.32 Å². The Morgan fingerprint density at radius 3 is 2.71 bits per heavy atom. The molecule has 0 unspecified atom stereocenters. The molecular formula is C11H12BNO. The van der Waals surface area contributed by atoms with Crippen molar-refractivity contribution in [3.63, 3.8) is 0 Å². The molecule has 1 aliphatic heterocycles. The van der Waals surface area contributed by atoms with Crippen molar-refractivity contribution in [3.8, 4) is 0 Å². The molecule has 0 atom stereocenters. The van der Waals surface area contributed by atoms with Gasteiger partial charge in [-0.3, -0.25) is 4.79 Å². The van der Waals surface area contributed by atoms with E-state index < -0.39 is 0 Å². The summed E-state index contributed by atoms with van der Waals surface area (Å²) in [5.74, 6) is 0.0883. The van der Waals surface area contributed by atoms with Gasteiger partial charge in [0, 0.05) is 5.70 Å². The molecule has 1 heterocycles. The predicted octanol–water partition coefficient (Wildman–Crippen LogP) is 1.41. The van der Waals surface area contributed by atoms with Crippen LogP contribution in [-0.4, -0.2) is 13.8 Å². The Hall–Kier alpha value is -1.25. The summed E-state index contributed by atoms with van der Waals surface area (Å²) in [5.41, 5.74) is 2.23. The van der Waals surface area contributed by atoms with Gasteiger partial charge in [0.25, 0.3) is 0 Å². The lowest BCUT2D eigenvalue weighted by Gasteiger charge is -2.08. The predicted molar refractivity (Wildman–Crippen MR) is 56.5 cm³/mol. The third-order valence-electron chi connectivity index (χ3n) is 2.86. The van der Waals surface area contributed by atoms with Crippen LogP contribution in [0, 0.1) is 5.41 Å². The zero-order chi connectivity index (χ0) is 10.3. The first-order valence-corrected chi connectivity index (χ1v) is 4.73. The zero-order valence-corrected chi connectivity index (χ0v) is 8.26. The van der Waals surface area contributed by atoms with Crippen LogP contribution in [0.1, 0.15) is 19.8 Å². The molecular weight excluding hydrogens is 173 g/mol. The maximum Gasteiger partial charge on any atom is 0.235 e. The number of hydrogen-bond donors (Lipinski definition) is 1. The van der Waals surface area contributed by atoms with Crippen molar-refractivity contribution in [1.29, 1.82) is 0 Å². The molecule has 2 fully saturated rings. The Morgan fingerprint density at radius 1 is 1.64 bits per heavy atom. The molecule has 2 rings (SSSR count). The molecule has 1 spiro atoms. The van der Waals surface area contributed by atoms with Crippen molar-refractivity contribution in [2.75, 3.05) is 0 Å². The fraction of sp³-hybridized carbons (Fsp3) is 0.364. The smallest absolute Gasteiger partial charge is 0.235 e. The van der Waals surface area contributed by atoms with Crippen LogP contribution in [0.25, 0.3) is 0 Å². The van der Waals surface area contributed by atoms with Gasteiger partial charge in [-0.2, -0.15) is 0 Å². The molecule has 1 saturated carbocycles. The fourth-order valence-electron chi connectivity index (χ4n) is 2.11. The first-order valence-electron chi connectivity index (χ1n) is 4.73. The minimum Gasteiger partial charge on any atom is -0.325 e. The summed E-state index contributed by atoms with van der Waals surface area (Å²) < 4.78 is 0. The summed E-state index contributed by atoms with van der Waals surface area (Å²) in [6.07, 6.45) is 5.30. The minimum absolute atomic E-state index is 0.0883. The highest BCUT2D eigenvalue weighted by Crippen LogP contribution is 2.57. The molecule has 0 aromatic heterocycles.